The maximum absolute atomic E-state index is 12.6. The van der Waals surface area contributed by atoms with Gasteiger partial charge < -0.3 is 24.6 Å². The average molecular weight is 490 g/mol. The third-order valence-corrected chi connectivity index (χ3v) is 5.65. The molecule has 0 aromatic heterocycles. The molecule has 1 N–H and O–H groups in total. The van der Waals surface area contributed by atoms with Gasteiger partial charge in [0.15, 0.2) is 6.61 Å². The number of carbonyl (C=O) groups is 2. The molecule has 0 unspecified atom stereocenters. The van der Waals surface area contributed by atoms with Gasteiger partial charge in [-0.05, 0) is 55.9 Å². The van der Waals surface area contributed by atoms with Crippen molar-refractivity contribution in [3.63, 3.8) is 0 Å². The number of carbonyl (C=O) groups excluding carboxylic acids is 2. The number of ether oxygens (including phenoxy) is 2. The number of hydrogen-bond donors (Lipinski definition) is 1. The van der Waals surface area contributed by atoms with E-state index in [-0.39, 0.29) is 12.5 Å². The van der Waals surface area contributed by atoms with Crippen LogP contribution in [0.3, 0.4) is 0 Å². The van der Waals surface area contributed by atoms with Crippen LogP contribution in [0.25, 0.3) is 0 Å². The second-order valence-corrected chi connectivity index (χ2v) is 8.08. The largest absolute Gasteiger partial charge is 0.484 e. The van der Waals surface area contributed by atoms with Crippen LogP contribution in [-0.4, -0.2) is 62.7 Å². The summed E-state index contributed by atoms with van der Waals surface area (Å²) < 4.78 is 11.6. The Labute approximate surface area is 191 Å². The highest BCUT2D eigenvalue weighted by molar-refractivity contribution is 9.10. The Bertz CT molecular complexity index is 896. The van der Waals surface area contributed by atoms with Crippen LogP contribution in [0.4, 0.5) is 11.4 Å². The molecule has 1 heterocycles. The maximum Gasteiger partial charge on any atom is 0.338 e. The van der Waals surface area contributed by atoms with Gasteiger partial charge in [0.25, 0.3) is 5.91 Å². The minimum absolute atomic E-state index is 0.131. The fourth-order valence-electron chi connectivity index (χ4n) is 3.42. The molecule has 0 atom stereocenters. The summed E-state index contributed by atoms with van der Waals surface area (Å²) in [5, 5.41) is 2.92. The minimum atomic E-state index is -0.411. The van der Waals surface area contributed by atoms with Gasteiger partial charge in [-0.15, -0.1) is 0 Å². The summed E-state index contributed by atoms with van der Waals surface area (Å²) in [4.78, 5) is 29.4. The van der Waals surface area contributed by atoms with E-state index in [1.807, 2.05) is 18.2 Å². The van der Waals surface area contributed by atoms with E-state index >= 15 is 0 Å². The zero-order valence-corrected chi connectivity index (χ0v) is 19.5. The van der Waals surface area contributed by atoms with Crippen molar-refractivity contribution >= 4 is 39.2 Å². The van der Waals surface area contributed by atoms with Gasteiger partial charge in [-0.25, -0.2) is 4.79 Å². The number of rotatable bonds is 8. The van der Waals surface area contributed by atoms with Crippen molar-refractivity contribution < 1.29 is 19.1 Å². The predicted molar refractivity (Wildman–Crippen MR) is 125 cm³/mol. The SMILES string of the molecule is CCOC(=O)c1ccc(N2CCN(CC)CC2)c(NC(=O)COc2ccc(Br)cc2)c1. The molecule has 0 aliphatic carbocycles. The minimum Gasteiger partial charge on any atom is -0.484 e. The number of halogens is 1. The number of esters is 1. The number of benzene rings is 2. The summed E-state index contributed by atoms with van der Waals surface area (Å²) in [6.45, 7) is 8.72. The summed E-state index contributed by atoms with van der Waals surface area (Å²) in [5.74, 6) is -0.0987. The van der Waals surface area contributed by atoms with Gasteiger partial charge in [0, 0.05) is 30.7 Å². The lowest BCUT2D eigenvalue weighted by Crippen LogP contribution is -2.46. The van der Waals surface area contributed by atoms with Crippen molar-refractivity contribution in [3.05, 3.63) is 52.5 Å². The van der Waals surface area contributed by atoms with Crippen LogP contribution in [0.2, 0.25) is 0 Å². The molecule has 1 saturated heterocycles. The van der Waals surface area contributed by atoms with Crippen molar-refractivity contribution in [3.8, 4) is 5.75 Å². The molecular formula is C23H28BrN3O4. The van der Waals surface area contributed by atoms with E-state index in [9.17, 15) is 9.59 Å². The van der Waals surface area contributed by atoms with Crippen molar-refractivity contribution in [1.82, 2.24) is 4.90 Å². The van der Waals surface area contributed by atoms with Gasteiger partial charge in [0.2, 0.25) is 0 Å². The quantitative estimate of drug-likeness (QED) is 0.568. The fraction of sp³-hybridized carbons (Fsp3) is 0.391. The number of anilines is 2. The van der Waals surface area contributed by atoms with E-state index < -0.39 is 5.97 Å². The van der Waals surface area contributed by atoms with Crippen LogP contribution >= 0.6 is 15.9 Å². The molecular weight excluding hydrogens is 462 g/mol. The Balaban J connectivity index is 1.74. The number of likely N-dealkylation sites (N-methyl/N-ethyl adjacent to an activating group) is 1. The summed E-state index contributed by atoms with van der Waals surface area (Å²) in [6, 6.07) is 12.6. The first-order valence-corrected chi connectivity index (χ1v) is 11.3. The second-order valence-electron chi connectivity index (χ2n) is 7.16. The van der Waals surface area contributed by atoms with Crippen molar-refractivity contribution in [1.29, 1.82) is 0 Å². The highest BCUT2D eigenvalue weighted by atomic mass is 79.9. The van der Waals surface area contributed by atoms with Crippen molar-refractivity contribution in [2.75, 3.05) is 56.2 Å². The Hall–Kier alpha value is -2.58. The highest BCUT2D eigenvalue weighted by Gasteiger charge is 2.21. The lowest BCUT2D eigenvalue weighted by molar-refractivity contribution is -0.118. The van der Waals surface area contributed by atoms with Crippen LogP contribution in [0.15, 0.2) is 46.9 Å². The molecule has 0 radical (unpaired) electrons. The van der Waals surface area contributed by atoms with E-state index in [2.05, 4.69) is 38.0 Å². The van der Waals surface area contributed by atoms with E-state index in [1.165, 1.54) is 0 Å². The third-order valence-electron chi connectivity index (χ3n) is 5.13. The molecule has 31 heavy (non-hydrogen) atoms. The Kier molecular flexibility index (Phi) is 8.31. The van der Waals surface area contributed by atoms with Crippen LogP contribution in [0.1, 0.15) is 24.2 Å². The molecule has 3 rings (SSSR count). The van der Waals surface area contributed by atoms with Gasteiger partial charge in [0.05, 0.1) is 23.5 Å². The van der Waals surface area contributed by atoms with Crippen LogP contribution < -0.4 is 15.0 Å². The molecule has 1 amide bonds. The monoisotopic (exact) mass is 489 g/mol. The normalized spacial score (nSPS) is 14.2. The zero-order valence-electron chi connectivity index (χ0n) is 17.9. The lowest BCUT2D eigenvalue weighted by atomic mass is 10.1. The topological polar surface area (TPSA) is 71.1 Å². The first kappa shape index (κ1) is 23.1. The zero-order chi connectivity index (χ0) is 22.2. The van der Waals surface area contributed by atoms with Crippen LogP contribution in [-0.2, 0) is 9.53 Å². The number of nitrogens with one attached hydrogen (secondary N) is 1. The van der Waals surface area contributed by atoms with Crippen LogP contribution in [0, 0.1) is 0 Å². The smallest absolute Gasteiger partial charge is 0.338 e. The average Bonchev–Trinajstić information content (AvgIpc) is 2.79. The highest BCUT2D eigenvalue weighted by Crippen LogP contribution is 2.29. The second kappa shape index (κ2) is 11.2. The van der Waals surface area contributed by atoms with E-state index in [4.69, 9.17) is 9.47 Å². The van der Waals surface area contributed by atoms with E-state index in [1.54, 1.807) is 31.2 Å². The van der Waals surface area contributed by atoms with Crippen molar-refractivity contribution in [2.24, 2.45) is 0 Å². The van der Waals surface area contributed by atoms with Crippen molar-refractivity contribution in [2.45, 2.75) is 13.8 Å². The Morgan fingerprint density at radius 2 is 1.74 bits per heavy atom. The third kappa shape index (κ3) is 6.45. The molecule has 2 aromatic carbocycles. The predicted octanol–water partition coefficient (Wildman–Crippen LogP) is 3.79. The van der Waals surface area contributed by atoms with Gasteiger partial charge in [0.1, 0.15) is 5.75 Å². The molecule has 1 aliphatic rings. The summed E-state index contributed by atoms with van der Waals surface area (Å²) in [6.07, 6.45) is 0. The number of piperazine rings is 1. The molecule has 0 spiro atoms. The van der Waals surface area contributed by atoms with Gasteiger partial charge in [-0.2, -0.15) is 0 Å². The van der Waals surface area contributed by atoms with E-state index in [0.29, 0.717) is 23.6 Å². The summed E-state index contributed by atoms with van der Waals surface area (Å²) >= 11 is 3.37. The molecule has 1 aliphatic heterocycles. The van der Waals surface area contributed by atoms with Gasteiger partial charge in [-0.1, -0.05) is 22.9 Å². The fourth-order valence-corrected chi connectivity index (χ4v) is 3.69. The standard InChI is InChI=1S/C23H28BrN3O4/c1-3-26-11-13-27(14-12-26)21-10-5-17(23(29)30-4-2)15-20(21)25-22(28)16-31-19-8-6-18(24)7-9-19/h5-10,15H,3-4,11-14,16H2,1-2H3,(H,25,28). The molecule has 0 bridgehead atoms. The van der Waals surface area contributed by atoms with Gasteiger partial charge >= 0.3 is 5.97 Å². The Morgan fingerprint density at radius 3 is 2.39 bits per heavy atom. The lowest BCUT2D eigenvalue weighted by Gasteiger charge is -2.36. The van der Waals surface area contributed by atoms with Gasteiger partial charge in [-0.3, -0.25) is 4.79 Å². The number of hydrogen-bond acceptors (Lipinski definition) is 6. The molecule has 1 fully saturated rings. The summed E-state index contributed by atoms with van der Waals surface area (Å²) in [5.41, 5.74) is 1.88. The van der Waals surface area contributed by atoms with Crippen LogP contribution in [0.5, 0.6) is 5.75 Å². The molecule has 2 aromatic rings. The Morgan fingerprint density at radius 1 is 1.03 bits per heavy atom. The molecule has 7 nitrogen and oxygen atoms in total. The molecule has 0 saturated carbocycles. The number of nitrogens with zero attached hydrogens (tertiary/aromatic N) is 2. The molecule has 8 heteroatoms. The number of amides is 1. The van der Waals surface area contributed by atoms with E-state index in [0.717, 1.165) is 42.9 Å². The first-order chi connectivity index (χ1) is 15.0. The molecule has 166 valence electrons. The maximum atomic E-state index is 12.6. The first-order valence-electron chi connectivity index (χ1n) is 10.5. The summed E-state index contributed by atoms with van der Waals surface area (Å²) in [7, 11) is 0.